The SMILES string of the molecule is CC1CC(c2ccc3c(c2)CCCC3)NC(c2ccc3c(c2)CCCC3)NC1c1ccc(O)cc1O. The van der Waals surface area contributed by atoms with Crippen molar-refractivity contribution in [1.82, 2.24) is 10.6 Å². The summed E-state index contributed by atoms with van der Waals surface area (Å²) in [6.07, 6.45) is 10.8. The Labute approximate surface area is 214 Å². The fourth-order valence-corrected chi connectivity index (χ4v) is 6.69. The van der Waals surface area contributed by atoms with E-state index in [2.05, 4.69) is 54.0 Å². The van der Waals surface area contributed by atoms with Crippen LogP contribution in [-0.2, 0) is 25.7 Å². The summed E-state index contributed by atoms with van der Waals surface area (Å²) in [5, 5.41) is 28.5. The molecular weight excluding hydrogens is 444 g/mol. The standard InChI is InChI=1S/C32H38N2O2/c1-20-16-29(25-12-10-21-6-2-4-8-23(21)17-25)33-32(26-13-11-22-7-3-5-9-24(22)18-26)34-31(20)28-15-14-27(35)19-30(28)36/h10-15,17-20,29,31-36H,2-9,16H2,1H3. The van der Waals surface area contributed by atoms with Gasteiger partial charge in [-0.05, 0) is 103 Å². The Hall–Kier alpha value is -2.82. The van der Waals surface area contributed by atoms with Crippen molar-refractivity contribution in [3.8, 4) is 11.5 Å². The third-order valence-electron chi connectivity index (χ3n) is 8.72. The van der Waals surface area contributed by atoms with Gasteiger partial charge in [0.1, 0.15) is 11.5 Å². The van der Waals surface area contributed by atoms with Gasteiger partial charge in [-0.2, -0.15) is 0 Å². The second-order valence-electron chi connectivity index (χ2n) is 11.2. The monoisotopic (exact) mass is 482 g/mol. The Morgan fingerprint density at radius 3 is 1.94 bits per heavy atom. The summed E-state index contributed by atoms with van der Waals surface area (Å²) in [6, 6.07) is 19.3. The number of phenols is 2. The van der Waals surface area contributed by atoms with E-state index >= 15 is 0 Å². The number of hydrogen-bond donors (Lipinski definition) is 4. The summed E-state index contributed by atoms with van der Waals surface area (Å²) in [7, 11) is 0. The molecular formula is C32H38N2O2. The van der Waals surface area contributed by atoms with E-state index in [0.717, 1.165) is 18.4 Å². The second kappa shape index (κ2) is 9.91. The topological polar surface area (TPSA) is 64.5 Å². The first-order chi connectivity index (χ1) is 17.5. The molecule has 2 aliphatic carbocycles. The van der Waals surface area contributed by atoms with Crippen LogP contribution < -0.4 is 10.6 Å². The van der Waals surface area contributed by atoms with Crippen molar-refractivity contribution in [2.75, 3.05) is 0 Å². The largest absolute Gasteiger partial charge is 0.508 e. The number of nitrogens with one attached hydrogen (secondary N) is 2. The maximum absolute atomic E-state index is 10.8. The molecule has 1 fully saturated rings. The van der Waals surface area contributed by atoms with Crippen LogP contribution in [0.15, 0.2) is 54.6 Å². The third kappa shape index (κ3) is 4.65. The summed E-state index contributed by atoms with van der Waals surface area (Å²) in [4.78, 5) is 0. The Kier molecular flexibility index (Phi) is 6.49. The molecule has 0 radical (unpaired) electrons. The van der Waals surface area contributed by atoms with Crippen molar-refractivity contribution in [1.29, 1.82) is 0 Å². The Morgan fingerprint density at radius 2 is 1.28 bits per heavy atom. The van der Waals surface area contributed by atoms with Crippen molar-refractivity contribution in [3.05, 3.63) is 93.5 Å². The zero-order valence-corrected chi connectivity index (χ0v) is 21.3. The van der Waals surface area contributed by atoms with Gasteiger partial charge in [0.05, 0.1) is 6.17 Å². The first-order valence-electron chi connectivity index (χ1n) is 13.8. The minimum atomic E-state index is -0.0404. The summed E-state index contributed by atoms with van der Waals surface area (Å²) in [5.41, 5.74) is 9.47. The molecule has 4 unspecified atom stereocenters. The first-order valence-corrected chi connectivity index (χ1v) is 13.8. The van der Waals surface area contributed by atoms with E-state index in [-0.39, 0.29) is 35.7 Å². The van der Waals surface area contributed by atoms with Crippen LogP contribution in [0.3, 0.4) is 0 Å². The maximum atomic E-state index is 10.8. The highest BCUT2D eigenvalue weighted by atomic mass is 16.3. The van der Waals surface area contributed by atoms with Gasteiger partial charge in [-0.3, -0.25) is 10.6 Å². The number of aromatic hydroxyl groups is 2. The van der Waals surface area contributed by atoms with E-state index in [1.54, 1.807) is 6.07 Å². The van der Waals surface area contributed by atoms with Crippen LogP contribution in [0, 0.1) is 5.92 Å². The Morgan fingerprint density at radius 1 is 0.667 bits per heavy atom. The molecule has 4 heteroatoms. The molecule has 3 aliphatic rings. The predicted molar refractivity (Wildman–Crippen MR) is 144 cm³/mol. The lowest BCUT2D eigenvalue weighted by molar-refractivity contribution is 0.348. The predicted octanol–water partition coefficient (Wildman–Crippen LogP) is 6.56. The number of hydrogen-bond acceptors (Lipinski definition) is 4. The van der Waals surface area contributed by atoms with E-state index in [1.807, 2.05) is 6.07 Å². The average Bonchev–Trinajstić information content (AvgIpc) is 3.07. The summed E-state index contributed by atoms with van der Waals surface area (Å²) < 4.78 is 0. The maximum Gasteiger partial charge on any atom is 0.124 e. The van der Waals surface area contributed by atoms with Crippen molar-refractivity contribution in [3.63, 3.8) is 0 Å². The lowest BCUT2D eigenvalue weighted by Crippen LogP contribution is -2.36. The number of aryl methyl sites for hydroxylation is 4. The van der Waals surface area contributed by atoms with Crippen LogP contribution in [0.2, 0.25) is 0 Å². The molecule has 6 rings (SSSR count). The Bertz CT molecular complexity index is 1250. The quantitative estimate of drug-likeness (QED) is 0.342. The van der Waals surface area contributed by atoms with Crippen LogP contribution in [0.4, 0.5) is 0 Å². The zero-order valence-electron chi connectivity index (χ0n) is 21.3. The van der Waals surface area contributed by atoms with Crippen LogP contribution in [0.5, 0.6) is 11.5 Å². The molecule has 4 nitrogen and oxygen atoms in total. The lowest BCUT2D eigenvalue weighted by atomic mass is 9.85. The molecule has 1 aliphatic heterocycles. The molecule has 188 valence electrons. The van der Waals surface area contributed by atoms with Crippen LogP contribution >= 0.6 is 0 Å². The normalized spacial score (nSPS) is 26.0. The highest BCUT2D eigenvalue weighted by Gasteiger charge is 2.33. The van der Waals surface area contributed by atoms with Gasteiger partial charge in [-0.1, -0.05) is 49.4 Å². The minimum Gasteiger partial charge on any atom is -0.508 e. The minimum absolute atomic E-state index is 0.0400. The molecule has 0 spiro atoms. The van der Waals surface area contributed by atoms with Gasteiger partial charge in [0, 0.05) is 23.7 Å². The smallest absolute Gasteiger partial charge is 0.124 e. The molecule has 4 N–H and O–H groups in total. The highest BCUT2D eigenvalue weighted by molar-refractivity contribution is 5.42. The van der Waals surface area contributed by atoms with Gasteiger partial charge < -0.3 is 10.2 Å². The van der Waals surface area contributed by atoms with Crippen molar-refractivity contribution in [2.45, 2.75) is 83.0 Å². The van der Waals surface area contributed by atoms with Gasteiger partial charge in [0.25, 0.3) is 0 Å². The number of phenolic OH excluding ortho intramolecular Hbond substituents is 2. The van der Waals surface area contributed by atoms with E-state index in [0.29, 0.717) is 0 Å². The van der Waals surface area contributed by atoms with Gasteiger partial charge in [0.15, 0.2) is 0 Å². The molecule has 0 aromatic heterocycles. The fourth-order valence-electron chi connectivity index (χ4n) is 6.69. The zero-order chi connectivity index (χ0) is 24.6. The van der Waals surface area contributed by atoms with E-state index in [1.165, 1.54) is 84.4 Å². The number of benzene rings is 3. The Balaban J connectivity index is 1.38. The number of fused-ring (bicyclic) bond motifs is 2. The number of rotatable bonds is 3. The van der Waals surface area contributed by atoms with Crippen molar-refractivity contribution >= 4 is 0 Å². The molecule has 1 heterocycles. The van der Waals surface area contributed by atoms with Crippen LogP contribution in [0.1, 0.15) is 96.2 Å². The van der Waals surface area contributed by atoms with Gasteiger partial charge in [0.2, 0.25) is 0 Å². The van der Waals surface area contributed by atoms with Gasteiger partial charge in [-0.15, -0.1) is 0 Å². The molecule has 0 saturated carbocycles. The van der Waals surface area contributed by atoms with Crippen LogP contribution in [0.25, 0.3) is 0 Å². The molecule has 0 amide bonds. The molecule has 3 aromatic carbocycles. The summed E-state index contributed by atoms with van der Waals surface area (Å²) in [5.74, 6) is 0.515. The van der Waals surface area contributed by atoms with E-state index in [4.69, 9.17) is 0 Å². The van der Waals surface area contributed by atoms with Crippen LogP contribution in [-0.4, -0.2) is 10.2 Å². The summed E-state index contributed by atoms with van der Waals surface area (Å²) >= 11 is 0. The molecule has 3 aromatic rings. The lowest BCUT2D eigenvalue weighted by Gasteiger charge is -2.28. The fraction of sp³-hybridized carbons (Fsp3) is 0.438. The van der Waals surface area contributed by atoms with Gasteiger partial charge >= 0.3 is 0 Å². The van der Waals surface area contributed by atoms with Gasteiger partial charge in [-0.25, -0.2) is 0 Å². The third-order valence-corrected chi connectivity index (χ3v) is 8.72. The second-order valence-corrected chi connectivity index (χ2v) is 11.2. The summed E-state index contributed by atoms with van der Waals surface area (Å²) in [6.45, 7) is 2.27. The first kappa shape index (κ1) is 23.6. The van der Waals surface area contributed by atoms with Crippen molar-refractivity contribution in [2.24, 2.45) is 5.92 Å². The van der Waals surface area contributed by atoms with E-state index < -0.39 is 0 Å². The molecule has 4 atom stereocenters. The highest BCUT2D eigenvalue weighted by Crippen LogP contribution is 2.41. The molecule has 1 saturated heterocycles. The molecule has 0 bridgehead atoms. The molecule has 36 heavy (non-hydrogen) atoms. The average molecular weight is 483 g/mol. The van der Waals surface area contributed by atoms with Crippen molar-refractivity contribution < 1.29 is 10.2 Å². The van der Waals surface area contributed by atoms with E-state index in [9.17, 15) is 10.2 Å².